The number of aryl methyl sites for hydroxylation is 1. The Morgan fingerprint density at radius 3 is 2.37 bits per heavy atom. The maximum atomic E-state index is 13.1. The van der Waals surface area contributed by atoms with Crippen LogP contribution in [-0.4, -0.2) is 85.4 Å². The van der Waals surface area contributed by atoms with Crippen LogP contribution in [0.4, 0.5) is 4.79 Å². The average Bonchev–Trinajstić information content (AvgIpc) is 3.40. The van der Waals surface area contributed by atoms with Crippen molar-refractivity contribution in [2.75, 3.05) is 41.4 Å². The molecule has 1 aromatic heterocycles. The van der Waals surface area contributed by atoms with Gasteiger partial charge in [0.25, 0.3) is 0 Å². The van der Waals surface area contributed by atoms with Crippen LogP contribution in [0.1, 0.15) is 66.7 Å². The van der Waals surface area contributed by atoms with Gasteiger partial charge >= 0.3 is 12.1 Å². The van der Waals surface area contributed by atoms with Crippen molar-refractivity contribution in [3.05, 3.63) is 64.8 Å². The molecule has 2 heterocycles. The van der Waals surface area contributed by atoms with E-state index in [1.807, 2.05) is 71.0 Å². The molecule has 0 radical (unpaired) electrons. The summed E-state index contributed by atoms with van der Waals surface area (Å²) >= 11 is 0. The second-order valence-corrected chi connectivity index (χ2v) is 12.4. The van der Waals surface area contributed by atoms with E-state index in [1.165, 1.54) is 7.11 Å². The first-order valence-corrected chi connectivity index (χ1v) is 14.6. The lowest BCUT2D eigenvalue weighted by molar-refractivity contribution is -0.122. The molecule has 4 rings (SSSR count). The highest BCUT2D eigenvalue weighted by Gasteiger charge is 2.32. The van der Waals surface area contributed by atoms with Gasteiger partial charge in [-0.3, -0.25) is 14.3 Å². The fraction of sp³-hybridized carbons (Fsp3) is 0.485. The smallest absolute Gasteiger partial charge is 0.419 e. The summed E-state index contributed by atoms with van der Waals surface area (Å²) in [6.45, 7) is 9.11. The quantitative estimate of drug-likeness (QED) is 0.368. The number of nitrogens with one attached hydrogen (secondary N) is 1. The molecule has 0 bridgehead atoms. The zero-order chi connectivity index (χ0) is 31.5. The Kier molecular flexibility index (Phi) is 9.82. The maximum Gasteiger partial charge on any atom is 0.419 e. The predicted molar refractivity (Wildman–Crippen MR) is 166 cm³/mol. The van der Waals surface area contributed by atoms with Gasteiger partial charge in [0, 0.05) is 42.3 Å². The van der Waals surface area contributed by atoms with Crippen LogP contribution in [0.3, 0.4) is 0 Å². The standard InChI is InChI=1S/C33H44N4O6/c1-21-17-28(41-7)26(25-14-16-37(30(21)25)32(40)43-33(2,3)4)19-36-15-13-24(34-29(38)20-35(5)6)18-27(36)22-9-11-23(12-10-22)31(39)42-8/h9-12,14,16-17,24,27H,13,15,18-20H2,1-8H3,(H,34,38)/t24-,27-/m0/s1. The molecule has 1 aliphatic heterocycles. The molecule has 1 aliphatic rings. The summed E-state index contributed by atoms with van der Waals surface area (Å²) in [7, 11) is 6.77. The number of rotatable bonds is 8. The van der Waals surface area contributed by atoms with Crippen molar-refractivity contribution in [2.45, 2.75) is 64.8 Å². The second kappa shape index (κ2) is 13.2. The van der Waals surface area contributed by atoms with E-state index in [0.29, 0.717) is 25.1 Å². The third kappa shape index (κ3) is 7.55. The van der Waals surface area contributed by atoms with E-state index < -0.39 is 11.7 Å². The number of methoxy groups -OCH3 is 2. The van der Waals surface area contributed by atoms with Gasteiger partial charge < -0.3 is 24.4 Å². The largest absolute Gasteiger partial charge is 0.496 e. The van der Waals surface area contributed by atoms with Gasteiger partial charge in [-0.2, -0.15) is 0 Å². The highest BCUT2D eigenvalue weighted by atomic mass is 16.6. The van der Waals surface area contributed by atoms with Crippen LogP contribution in [0.5, 0.6) is 5.75 Å². The summed E-state index contributed by atoms with van der Waals surface area (Å²) in [6.07, 6.45) is 2.81. The van der Waals surface area contributed by atoms with Gasteiger partial charge in [-0.05, 0) is 90.0 Å². The zero-order valence-corrected chi connectivity index (χ0v) is 26.5. The van der Waals surface area contributed by atoms with Crippen LogP contribution in [0.25, 0.3) is 10.9 Å². The number of piperidine rings is 1. The number of esters is 1. The first-order chi connectivity index (χ1) is 20.3. The number of amides is 1. The predicted octanol–water partition coefficient (Wildman–Crippen LogP) is 4.91. The Morgan fingerprint density at radius 1 is 1.07 bits per heavy atom. The molecule has 1 N–H and O–H groups in total. The average molecular weight is 593 g/mol. The lowest BCUT2D eigenvalue weighted by atomic mass is 9.90. The third-order valence-corrected chi connectivity index (χ3v) is 7.66. The molecule has 232 valence electrons. The minimum atomic E-state index is -0.625. The zero-order valence-electron chi connectivity index (χ0n) is 26.5. The van der Waals surface area contributed by atoms with Crippen molar-refractivity contribution in [1.82, 2.24) is 19.7 Å². The van der Waals surface area contributed by atoms with Gasteiger partial charge in [0.15, 0.2) is 0 Å². The van der Waals surface area contributed by atoms with E-state index >= 15 is 0 Å². The van der Waals surface area contributed by atoms with Gasteiger partial charge in [-0.15, -0.1) is 0 Å². The highest BCUT2D eigenvalue weighted by Crippen LogP contribution is 2.38. The van der Waals surface area contributed by atoms with Crippen LogP contribution < -0.4 is 10.1 Å². The summed E-state index contributed by atoms with van der Waals surface area (Å²) < 4.78 is 18.0. The molecule has 0 saturated carbocycles. The fourth-order valence-electron chi connectivity index (χ4n) is 5.78. The minimum Gasteiger partial charge on any atom is -0.496 e. The number of carbonyl (C=O) groups excluding carboxylic acids is 3. The van der Waals surface area contributed by atoms with Crippen LogP contribution in [0.2, 0.25) is 0 Å². The molecule has 10 nitrogen and oxygen atoms in total. The number of likely N-dealkylation sites (N-methyl/N-ethyl adjacent to an activating group) is 1. The number of ether oxygens (including phenoxy) is 3. The normalized spacial score (nSPS) is 17.6. The monoisotopic (exact) mass is 592 g/mol. The van der Waals surface area contributed by atoms with Crippen molar-refractivity contribution in [3.8, 4) is 5.75 Å². The lowest BCUT2D eigenvalue weighted by Gasteiger charge is -2.40. The number of aromatic nitrogens is 1. The van der Waals surface area contributed by atoms with Crippen molar-refractivity contribution in [3.63, 3.8) is 0 Å². The molecule has 0 unspecified atom stereocenters. The summed E-state index contributed by atoms with van der Waals surface area (Å²) in [5.41, 5.74) is 3.55. The molecular formula is C33H44N4O6. The molecule has 0 spiro atoms. The minimum absolute atomic E-state index is 0.00201. The third-order valence-electron chi connectivity index (χ3n) is 7.66. The lowest BCUT2D eigenvalue weighted by Crippen LogP contribution is -2.47. The SMILES string of the molecule is COC(=O)c1ccc([C@@H]2C[C@@H](NC(=O)CN(C)C)CCN2Cc2c(OC)cc(C)c3c2ccn3C(=O)OC(C)(C)C)cc1. The Hall–Kier alpha value is -3.89. The van der Waals surface area contributed by atoms with Crippen LogP contribution in [0.15, 0.2) is 42.6 Å². The van der Waals surface area contributed by atoms with E-state index in [-0.39, 0.29) is 24.0 Å². The van der Waals surface area contributed by atoms with Crippen molar-refractivity contribution < 1.29 is 28.6 Å². The summed E-state index contributed by atoms with van der Waals surface area (Å²) in [4.78, 5) is 42.0. The number of hydrogen-bond donors (Lipinski definition) is 1. The van der Waals surface area contributed by atoms with Crippen LogP contribution in [0, 0.1) is 6.92 Å². The van der Waals surface area contributed by atoms with Crippen molar-refractivity contribution in [2.24, 2.45) is 0 Å². The molecule has 1 amide bonds. The summed E-state index contributed by atoms with van der Waals surface area (Å²) in [5, 5.41) is 4.13. The Morgan fingerprint density at radius 2 is 1.77 bits per heavy atom. The number of fused-ring (bicyclic) bond motifs is 1. The second-order valence-electron chi connectivity index (χ2n) is 12.4. The Balaban J connectivity index is 1.70. The molecule has 3 aromatic rings. The number of nitrogens with zero attached hydrogens (tertiary/aromatic N) is 3. The van der Waals surface area contributed by atoms with Gasteiger partial charge in [0.1, 0.15) is 11.4 Å². The van der Waals surface area contributed by atoms with Gasteiger partial charge in [0.05, 0.1) is 31.8 Å². The topological polar surface area (TPSA) is 102 Å². The highest BCUT2D eigenvalue weighted by molar-refractivity contribution is 5.95. The molecule has 1 fully saturated rings. The van der Waals surface area contributed by atoms with Crippen molar-refractivity contribution in [1.29, 1.82) is 0 Å². The Labute approximate surface area is 253 Å². The maximum absolute atomic E-state index is 13.1. The number of benzene rings is 2. The summed E-state index contributed by atoms with van der Waals surface area (Å²) in [5.74, 6) is 0.351. The fourth-order valence-corrected chi connectivity index (χ4v) is 5.78. The number of likely N-dealkylation sites (tertiary alicyclic amines) is 1. The van der Waals surface area contributed by atoms with Crippen LogP contribution >= 0.6 is 0 Å². The van der Waals surface area contributed by atoms with Crippen LogP contribution in [-0.2, 0) is 20.8 Å². The van der Waals surface area contributed by atoms with Gasteiger partial charge in [-0.25, -0.2) is 9.59 Å². The van der Waals surface area contributed by atoms with E-state index in [0.717, 1.165) is 46.3 Å². The number of carbonyl (C=O) groups is 3. The molecule has 1 saturated heterocycles. The van der Waals surface area contributed by atoms with Crippen molar-refractivity contribution >= 4 is 28.9 Å². The first-order valence-electron chi connectivity index (χ1n) is 14.6. The molecular weight excluding hydrogens is 548 g/mol. The van der Waals surface area contributed by atoms with Gasteiger partial charge in [0.2, 0.25) is 5.91 Å². The molecule has 43 heavy (non-hydrogen) atoms. The molecule has 0 aliphatic carbocycles. The van der Waals surface area contributed by atoms with E-state index in [4.69, 9.17) is 14.2 Å². The molecule has 10 heteroatoms. The summed E-state index contributed by atoms with van der Waals surface area (Å²) in [6, 6.07) is 11.3. The van der Waals surface area contributed by atoms with E-state index in [2.05, 4.69) is 10.2 Å². The molecule has 2 aromatic carbocycles. The number of hydrogen-bond acceptors (Lipinski definition) is 8. The van der Waals surface area contributed by atoms with E-state index in [1.54, 1.807) is 30.0 Å². The van der Waals surface area contributed by atoms with Gasteiger partial charge in [-0.1, -0.05) is 12.1 Å². The molecule has 2 atom stereocenters. The first kappa shape index (κ1) is 32.0. The Bertz CT molecular complexity index is 1470. The van der Waals surface area contributed by atoms with E-state index in [9.17, 15) is 14.4 Å².